The zero-order chi connectivity index (χ0) is 10.2. The van der Waals surface area contributed by atoms with Crippen LogP contribution in [0.15, 0.2) is 24.3 Å². The molecule has 0 N–H and O–H groups in total. The summed E-state index contributed by atoms with van der Waals surface area (Å²) in [5.74, 6) is -0.155. The highest BCUT2D eigenvalue weighted by molar-refractivity contribution is 5.38. The molecule has 14 heavy (non-hydrogen) atoms. The van der Waals surface area contributed by atoms with E-state index in [1.807, 2.05) is 0 Å². The molecule has 0 fully saturated rings. The lowest BCUT2D eigenvalue weighted by Crippen LogP contribution is -2.37. The number of methoxy groups -OCH3 is 2. The third-order valence-electron chi connectivity index (χ3n) is 3.31. The molecule has 1 unspecified atom stereocenters. The lowest BCUT2D eigenvalue weighted by molar-refractivity contribution is -0.211. The van der Waals surface area contributed by atoms with Crippen molar-refractivity contribution in [2.75, 3.05) is 14.2 Å². The summed E-state index contributed by atoms with van der Waals surface area (Å²) < 4.78 is 11.0. The lowest BCUT2D eigenvalue weighted by atomic mass is 10.00. The van der Waals surface area contributed by atoms with Gasteiger partial charge in [0, 0.05) is 26.6 Å². The molecule has 2 nitrogen and oxygen atoms in total. The van der Waals surface area contributed by atoms with E-state index >= 15 is 0 Å². The minimum Gasteiger partial charge on any atom is -0.352 e. The molecule has 2 rings (SSSR count). The van der Waals surface area contributed by atoms with E-state index in [1.165, 1.54) is 11.1 Å². The molecule has 1 aromatic carbocycles. The van der Waals surface area contributed by atoms with E-state index in [4.69, 9.17) is 9.47 Å². The number of ether oxygens (including phenoxy) is 2. The van der Waals surface area contributed by atoms with Gasteiger partial charge in [-0.25, -0.2) is 0 Å². The van der Waals surface area contributed by atoms with Crippen molar-refractivity contribution in [3.8, 4) is 0 Å². The average molecular weight is 192 g/mol. The highest BCUT2D eigenvalue weighted by Crippen LogP contribution is 2.42. The maximum atomic E-state index is 5.52. The van der Waals surface area contributed by atoms with Gasteiger partial charge in [0.25, 0.3) is 0 Å². The van der Waals surface area contributed by atoms with Crippen molar-refractivity contribution in [2.45, 2.75) is 25.0 Å². The van der Waals surface area contributed by atoms with Crippen LogP contribution in [0.2, 0.25) is 0 Å². The van der Waals surface area contributed by atoms with Gasteiger partial charge < -0.3 is 9.47 Å². The predicted octanol–water partition coefficient (Wildman–Crippen LogP) is 2.34. The van der Waals surface area contributed by atoms with Crippen LogP contribution in [0.5, 0.6) is 0 Å². The Morgan fingerprint density at radius 2 is 1.86 bits per heavy atom. The van der Waals surface area contributed by atoms with Crippen LogP contribution in [0.1, 0.15) is 24.0 Å². The topological polar surface area (TPSA) is 18.5 Å². The SMILES string of the molecule is COC1(OC)Cc2ccccc2C1C. The van der Waals surface area contributed by atoms with Crippen LogP contribution >= 0.6 is 0 Å². The Bertz CT molecular complexity index is 329. The first-order chi connectivity index (χ1) is 6.73. The molecule has 0 bridgehead atoms. The van der Waals surface area contributed by atoms with Gasteiger partial charge in [-0.2, -0.15) is 0 Å². The Labute approximate surface area is 84.8 Å². The summed E-state index contributed by atoms with van der Waals surface area (Å²) in [7, 11) is 3.43. The van der Waals surface area contributed by atoms with Gasteiger partial charge in [0.2, 0.25) is 0 Å². The molecule has 0 heterocycles. The largest absolute Gasteiger partial charge is 0.352 e. The van der Waals surface area contributed by atoms with Gasteiger partial charge in [-0.3, -0.25) is 0 Å². The van der Waals surface area contributed by atoms with Gasteiger partial charge >= 0.3 is 0 Å². The molecule has 76 valence electrons. The zero-order valence-electron chi connectivity index (χ0n) is 8.91. The first-order valence-corrected chi connectivity index (χ1v) is 4.91. The predicted molar refractivity (Wildman–Crippen MR) is 55.3 cm³/mol. The molecule has 0 aliphatic heterocycles. The fraction of sp³-hybridized carbons (Fsp3) is 0.500. The van der Waals surface area contributed by atoms with Gasteiger partial charge in [0.15, 0.2) is 5.79 Å². The Kier molecular flexibility index (Phi) is 2.33. The molecule has 0 aromatic heterocycles. The molecule has 0 saturated heterocycles. The summed E-state index contributed by atoms with van der Waals surface area (Å²) >= 11 is 0. The van der Waals surface area contributed by atoms with Crippen LogP contribution < -0.4 is 0 Å². The fourth-order valence-corrected chi connectivity index (χ4v) is 2.35. The van der Waals surface area contributed by atoms with Crippen molar-refractivity contribution in [1.82, 2.24) is 0 Å². The Morgan fingerprint density at radius 3 is 2.43 bits per heavy atom. The number of hydrogen-bond donors (Lipinski definition) is 0. The molecular weight excluding hydrogens is 176 g/mol. The van der Waals surface area contributed by atoms with Gasteiger partial charge in [-0.05, 0) is 11.1 Å². The van der Waals surface area contributed by atoms with Gasteiger partial charge in [-0.15, -0.1) is 0 Å². The summed E-state index contributed by atoms with van der Waals surface area (Å²) in [6.07, 6.45) is 0.845. The Morgan fingerprint density at radius 1 is 1.21 bits per heavy atom. The number of fused-ring (bicyclic) bond motifs is 1. The van der Waals surface area contributed by atoms with Crippen LogP contribution in [-0.2, 0) is 15.9 Å². The van der Waals surface area contributed by atoms with Crippen LogP contribution in [0.4, 0.5) is 0 Å². The number of rotatable bonds is 2. The monoisotopic (exact) mass is 192 g/mol. The molecule has 1 aliphatic carbocycles. The summed E-state index contributed by atoms with van der Waals surface area (Å²) in [4.78, 5) is 0. The van der Waals surface area contributed by atoms with Gasteiger partial charge in [-0.1, -0.05) is 31.2 Å². The van der Waals surface area contributed by atoms with Crippen molar-refractivity contribution in [3.05, 3.63) is 35.4 Å². The average Bonchev–Trinajstić information content (AvgIpc) is 2.53. The van der Waals surface area contributed by atoms with Crippen LogP contribution in [0.3, 0.4) is 0 Å². The minimum absolute atomic E-state index is 0.300. The molecule has 2 heteroatoms. The van der Waals surface area contributed by atoms with Crippen molar-refractivity contribution >= 4 is 0 Å². The Balaban J connectivity index is 2.42. The second kappa shape index (κ2) is 3.37. The highest BCUT2D eigenvalue weighted by Gasteiger charge is 2.44. The fourth-order valence-electron chi connectivity index (χ4n) is 2.35. The molecule has 0 spiro atoms. The summed E-state index contributed by atoms with van der Waals surface area (Å²) in [5, 5.41) is 0. The lowest BCUT2D eigenvalue weighted by Gasteiger charge is -2.30. The summed E-state index contributed by atoms with van der Waals surface area (Å²) in [6, 6.07) is 8.43. The van der Waals surface area contributed by atoms with Crippen LogP contribution in [0, 0.1) is 0 Å². The van der Waals surface area contributed by atoms with E-state index < -0.39 is 5.79 Å². The summed E-state index contributed by atoms with van der Waals surface area (Å²) in [6.45, 7) is 2.15. The number of benzene rings is 1. The molecule has 0 amide bonds. The van der Waals surface area contributed by atoms with Crippen molar-refractivity contribution < 1.29 is 9.47 Å². The molecule has 1 aromatic rings. The minimum atomic E-state index is -0.455. The van der Waals surface area contributed by atoms with E-state index in [0.29, 0.717) is 5.92 Å². The quantitative estimate of drug-likeness (QED) is 0.669. The molecule has 0 radical (unpaired) electrons. The zero-order valence-corrected chi connectivity index (χ0v) is 8.91. The van der Waals surface area contributed by atoms with E-state index in [2.05, 4.69) is 31.2 Å². The molecular formula is C12H16O2. The second-order valence-electron chi connectivity index (χ2n) is 3.82. The van der Waals surface area contributed by atoms with Crippen LogP contribution in [-0.4, -0.2) is 20.0 Å². The van der Waals surface area contributed by atoms with Crippen molar-refractivity contribution in [3.63, 3.8) is 0 Å². The smallest absolute Gasteiger partial charge is 0.178 e. The van der Waals surface area contributed by atoms with Crippen molar-refractivity contribution in [2.24, 2.45) is 0 Å². The van der Waals surface area contributed by atoms with E-state index in [1.54, 1.807) is 14.2 Å². The van der Waals surface area contributed by atoms with E-state index in [-0.39, 0.29) is 0 Å². The molecule has 1 aliphatic rings. The van der Waals surface area contributed by atoms with E-state index in [0.717, 1.165) is 6.42 Å². The second-order valence-corrected chi connectivity index (χ2v) is 3.82. The van der Waals surface area contributed by atoms with Gasteiger partial charge in [0.05, 0.1) is 0 Å². The van der Waals surface area contributed by atoms with Crippen LogP contribution in [0.25, 0.3) is 0 Å². The Hall–Kier alpha value is -0.860. The van der Waals surface area contributed by atoms with Gasteiger partial charge in [0.1, 0.15) is 0 Å². The van der Waals surface area contributed by atoms with Crippen molar-refractivity contribution in [1.29, 1.82) is 0 Å². The number of hydrogen-bond acceptors (Lipinski definition) is 2. The standard InChI is InChI=1S/C12H16O2/c1-9-11-7-5-4-6-10(11)8-12(9,13-2)14-3/h4-7,9H,8H2,1-3H3. The summed E-state index contributed by atoms with van der Waals surface area (Å²) in [5.41, 5.74) is 2.68. The first kappa shape index (κ1) is 9.69. The maximum Gasteiger partial charge on any atom is 0.178 e. The first-order valence-electron chi connectivity index (χ1n) is 4.91. The molecule has 1 atom stereocenters. The normalized spacial score (nSPS) is 23.5. The maximum absolute atomic E-state index is 5.52. The molecule has 0 saturated carbocycles. The highest BCUT2D eigenvalue weighted by atomic mass is 16.7. The third kappa shape index (κ3) is 1.18. The van der Waals surface area contributed by atoms with E-state index in [9.17, 15) is 0 Å². The third-order valence-corrected chi connectivity index (χ3v) is 3.31.